The number of benzene rings is 2. The third kappa shape index (κ3) is 3.07. The summed E-state index contributed by atoms with van der Waals surface area (Å²) in [6.07, 6.45) is 0. The Hall–Kier alpha value is -2.77. The number of aryl methyl sites for hydroxylation is 1. The lowest BCUT2D eigenvalue weighted by Gasteiger charge is -2.13. The molecule has 0 amide bonds. The zero-order chi connectivity index (χ0) is 19.1. The number of hydrogen-bond donors (Lipinski definition) is 1. The first-order valence-electron chi connectivity index (χ1n) is 7.88. The van der Waals surface area contributed by atoms with Gasteiger partial charge >= 0.3 is 5.97 Å². The van der Waals surface area contributed by atoms with Crippen LogP contribution in [0.15, 0.2) is 53.4 Å². The molecule has 0 atom stereocenters. The molecule has 134 valence electrons. The molecule has 0 bridgehead atoms. The van der Waals surface area contributed by atoms with Crippen molar-refractivity contribution < 1.29 is 18.3 Å². The molecule has 26 heavy (non-hydrogen) atoms. The molecule has 1 N–H and O–H groups in total. The molecule has 3 aromatic rings. The van der Waals surface area contributed by atoms with Gasteiger partial charge in [0.2, 0.25) is 10.0 Å². The van der Waals surface area contributed by atoms with Crippen molar-refractivity contribution in [2.75, 3.05) is 14.1 Å². The molecule has 2 aromatic carbocycles. The second kappa shape index (κ2) is 6.51. The van der Waals surface area contributed by atoms with E-state index < -0.39 is 16.0 Å². The van der Waals surface area contributed by atoms with E-state index in [1.165, 1.54) is 32.3 Å². The zero-order valence-electron chi connectivity index (χ0n) is 14.6. The van der Waals surface area contributed by atoms with Crippen LogP contribution in [0.5, 0.6) is 0 Å². The maximum Gasteiger partial charge on any atom is 0.336 e. The Morgan fingerprint density at radius 2 is 1.77 bits per heavy atom. The number of hydrogen-bond acceptors (Lipinski definition) is 4. The molecule has 0 aliphatic rings. The third-order valence-corrected chi connectivity index (χ3v) is 6.02. The summed E-state index contributed by atoms with van der Waals surface area (Å²) in [7, 11) is -0.812. The highest BCUT2D eigenvalue weighted by Crippen LogP contribution is 2.29. The normalized spacial score (nSPS) is 11.8. The van der Waals surface area contributed by atoms with E-state index in [4.69, 9.17) is 0 Å². The van der Waals surface area contributed by atoms with Gasteiger partial charge in [0, 0.05) is 25.0 Å². The fourth-order valence-electron chi connectivity index (χ4n) is 2.75. The molecule has 0 aliphatic carbocycles. The fourth-order valence-corrected chi connectivity index (χ4v) is 3.68. The molecular weight excluding hydrogens is 352 g/mol. The minimum absolute atomic E-state index is 0.0176. The SMILES string of the molecule is Cc1ccccc1-c1cc(C(=O)O)c2cc(S(=O)(=O)N(C)C)ccc2n1. The van der Waals surface area contributed by atoms with E-state index in [0.717, 1.165) is 15.4 Å². The first-order valence-corrected chi connectivity index (χ1v) is 9.32. The summed E-state index contributed by atoms with van der Waals surface area (Å²) >= 11 is 0. The average molecular weight is 370 g/mol. The third-order valence-electron chi connectivity index (χ3n) is 4.21. The number of carbonyl (C=O) groups is 1. The van der Waals surface area contributed by atoms with Gasteiger partial charge in [0.05, 0.1) is 21.7 Å². The molecule has 0 unspecified atom stereocenters. The quantitative estimate of drug-likeness (QED) is 0.762. The first kappa shape index (κ1) is 18.0. The molecule has 0 saturated carbocycles. The van der Waals surface area contributed by atoms with Crippen molar-refractivity contribution in [1.29, 1.82) is 0 Å². The van der Waals surface area contributed by atoms with E-state index in [-0.39, 0.29) is 15.8 Å². The fraction of sp³-hybridized carbons (Fsp3) is 0.158. The number of nitrogens with zero attached hydrogens (tertiary/aromatic N) is 2. The van der Waals surface area contributed by atoms with Gasteiger partial charge < -0.3 is 5.11 Å². The molecule has 6 nitrogen and oxygen atoms in total. The Bertz CT molecular complexity index is 1120. The minimum Gasteiger partial charge on any atom is -0.478 e. The van der Waals surface area contributed by atoms with Gasteiger partial charge in [0.25, 0.3) is 0 Å². The predicted molar refractivity (Wildman–Crippen MR) is 99.7 cm³/mol. The lowest BCUT2D eigenvalue weighted by molar-refractivity contribution is 0.0699. The summed E-state index contributed by atoms with van der Waals surface area (Å²) in [5.41, 5.74) is 2.80. The van der Waals surface area contributed by atoms with Crippen LogP contribution >= 0.6 is 0 Å². The van der Waals surface area contributed by atoms with Crippen molar-refractivity contribution in [1.82, 2.24) is 9.29 Å². The van der Waals surface area contributed by atoms with Gasteiger partial charge in [0.1, 0.15) is 0 Å². The lowest BCUT2D eigenvalue weighted by Crippen LogP contribution is -2.22. The second-order valence-electron chi connectivity index (χ2n) is 6.14. The number of aromatic nitrogens is 1. The highest BCUT2D eigenvalue weighted by atomic mass is 32.2. The predicted octanol–water partition coefficient (Wildman–Crippen LogP) is 3.16. The van der Waals surface area contributed by atoms with Crippen molar-refractivity contribution >= 4 is 26.9 Å². The van der Waals surface area contributed by atoms with Crippen molar-refractivity contribution in [3.63, 3.8) is 0 Å². The highest BCUT2D eigenvalue weighted by molar-refractivity contribution is 7.89. The number of pyridine rings is 1. The van der Waals surface area contributed by atoms with Gasteiger partial charge in [-0.3, -0.25) is 0 Å². The van der Waals surface area contributed by atoms with Crippen molar-refractivity contribution in [2.24, 2.45) is 0 Å². The Morgan fingerprint density at radius 3 is 2.38 bits per heavy atom. The molecule has 7 heteroatoms. The largest absolute Gasteiger partial charge is 0.478 e. The smallest absolute Gasteiger partial charge is 0.336 e. The van der Waals surface area contributed by atoms with Crippen LogP contribution in [0.1, 0.15) is 15.9 Å². The standard InChI is InChI=1S/C19H18N2O4S/c1-12-6-4-5-7-14(12)18-11-16(19(22)23)15-10-13(8-9-17(15)20-18)26(24,25)21(2)3/h4-11H,1-3H3,(H,22,23). The van der Waals surface area contributed by atoms with E-state index in [9.17, 15) is 18.3 Å². The van der Waals surface area contributed by atoms with Crippen molar-refractivity contribution in [3.8, 4) is 11.3 Å². The van der Waals surface area contributed by atoms with E-state index >= 15 is 0 Å². The zero-order valence-corrected chi connectivity index (χ0v) is 15.4. The summed E-state index contributed by atoms with van der Waals surface area (Å²) in [4.78, 5) is 16.4. The summed E-state index contributed by atoms with van der Waals surface area (Å²) in [5, 5.41) is 9.93. The van der Waals surface area contributed by atoms with Gasteiger partial charge in [-0.05, 0) is 36.8 Å². The second-order valence-corrected chi connectivity index (χ2v) is 8.29. The number of aromatic carboxylic acids is 1. The summed E-state index contributed by atoms with van der Waals surface area (Å²) < 4.78 is 25.8. The van der Waals surface area contributed by atoms with Gasteiger partial charge in [-0.2, -0.15) is 0 Å². The average Bonchev–Trinajstić information content (AvgIpc) is 2.60. The van der Waals surface area contributed by atoms with Gasteiger partial charge in [0.15, 0.2) is 0 Å². The van der Waals surface area contributed by atoms with Crippen LogP contribution in [-0.2, 0) is 10.0 Å². The number of rotatable bonds is 4. The molecule has 0 radical (unpaired) electrons. The van der Waals surface area contributed by atoms with Crippen LogP contribution in [0.25, 0.3) is 22.2 Å². The van der Waals surface area contributed by atoms with E-state index in [0.29, 0.717) is 11.2 Å². The Balaban J connectivity index is 2.30. The van der Waals surface area contributed by atoms with Gasteiger partial charge in [-0.15, -0.1) is 0 Å². The van der Waals surface area contributed by atoms with Crippen LogP contribution in [-0.4, -0.2) is 42.9 Å². The Morgan fingerprint density at radius 1 is 1.08 bits per heavy atom. The maximum absolute atomic E-state index is 12.3. The highest BCUT2D eigenvalue weighted by Gasteiger charge is 2.20. The number of carboxylic acid groups (broad SMARTS) is 1. The van der Waals surface area contributed by atoms with Crippen molar-refractivity contribution in [3.05, 3.63) is 59.7 Å². The summed E-state index contributed by atoms with van der Waals surface area (Å²) in [6, 6.07) is 13.4. The summed E-state index contributed by atoms with van der Waals surface area (Å²) in [6.45, 7) is 1.93. The van der Waals surface area contributed by atoms with Crippen LogP contribution in [0, 0.1) is 6.92 Å². The van der Waals surface area contributed by atoms with Gasteiger partial charge in [-0.25, -0.2) is 22.5 Å². The van der Waals surface area contributed by atoms with Crippen LogP contribution < -0.4 is 0 Å². The first-order chi connectivity index (χ1) is 12.2. The van der Waals surface area contributed by atoms with E-state index in [1.807, 2.05) is 31.2 Å². The van der Waals surface area contributed by atoms with Crippen molar-refractivity contribution in [2.45, 2.75) is 11.8 Å². The molecule has 0 aliphatic heterocycles. The van der Waals surface area contributed by atoms with E-state index in [1.54, 1.807) is 6.07 Å². The van der Waals surface area contributed by atoms with Crippen LogP contribution in [0.2, 0.25) is 0 Å². The molecule has 0 spiro atoms. The molecular formula is C19H18N2O4S. The Labute approximate surface area is 151 Å². The number of sulfonamides is 1. The summed E-state index contributed by atoms with van der Waals surface area (Å²) in [5.74, 6) is -1.13. The molecule has 3 rings (SSSR count). The maximum atomic E-state index is 12.3. The van der Waals surface area contributed by atoms with E-state index in [2.05, 4.69) is 4.98 Å². The molecule has 0 fully saturated rings. The minimum atomic E-state index is -3.67. The lowest BCUT2D eigenvalue weighted by atomic mass is 10.0. The monoisotopic (exact) mass is 370 g/mol. The Kier molecular flexibility index (Phi) is 4.52. The molecule has 1 aromatic heterocycles. The number of fused-ring (bicyclic) bond motifs is 1. The topological polar surface area (TPSA) is 87.6 Å². The number of carboxylic acids is 1. The van der Waals surface area contributed by atoms with Gasteiger partial charge in [-0.1, -0.05) is 24.3 Å². The van der Waals surface area contributed by atoms with Crippen LogP contribution in [0.3, 0.4) is 0 Å². The van der Waals surface area contributed by atoms with Crippen LogP contribution in [0.4, 0.5) is 0 Å². The molecule has 1 heterocycles. The molecule has 0 saturated heterocycles.